The highest BCUT2D eigenvalue weighted by Gasteiger charge is 2.31. The maximum atomic E-state index is 12.4. The molecule has 1 aromatic rings. The molecule has 1 saturated carbocycles. The van der Waals surface area contributed by atoms with Crippen LogP contribution in [0.4, 0.5) is 0 Å². The van der Waals surface area contributed by atoms with E-state index in [1.807, 2.05) is 43.0 Å². The number of carbonyl (C=O) groups is 1. The van der Waals surface area contributed by atoms with E-state index in [9.17, 15) is 9.90 Å². The van der Waals surface area contributed by atoms with E-state index in [1.165, 1.54) is 32.1 Å². The van der Waals surface area contributed by atoms with E-state index >= 15 is 0 Å². The fraction of sp³-hybridized carbons (Fsp3) is 0.667. The number of aliphatic imine (C=N–C) groups is 1. The van der Waals surface area contributed by atoms with Crippen molar-refractivity contribution in [1.82, 2.24) is 15.5 Å². The maximum Gasteiger partial charge on any atom is 0.253 e. The Labute approximate surface area is 205 Å². The lowest BCUT2D eigenvalue weighted by atomic mass is 9.72. The molecule has 0 heterocycles. The molecular weight excluding hydrogens is 503 g/mol. The molecule has 1 aromatic carbocycles. The van der Waals surface area contributed by atoms with Gasteiger partial charge in [-0.15, -0.1) is 24.0 Å². The maximum absolute atomic E-state index is 12.4. The van der Waals surface area contributed by atoms with Gasteiger partial charge in [0, 0.05) is 38.3 Å². The van der Waals surface area contributed by atoms with Crippen molar-refractivity contribution in [3.63, 3.8) is 0 Å². The molecule has 0 radical (unpaired) electrons. The molecule has 0 aliphatic heterocycles. The zero-order chi connectivity index (χ0) is 21.8. The summed E-state index contributed by atoms with van der Waals surface area (Å²) in [5.74, 6) is 0.885. The second-order valence-electron chi connectivity index (χ2n) is 8.26. The van der Waals surface area contributed by atoms with Gasteiger partial charge in [0.2, 0.25) is 0 Å². The molecule has 1 fully saturated rings. The molecule has 0 bridgehead atoms. The largest absolute Gasteiger partial charge is 0.396 e. The van der Waals surface area contributed by atoms with Crippen molar-refractivity contribution in [2.45, 2.75) is 65.8 Å². The number of guanidine groups is 1. The highest BCUT2D eigenvalue weighted by molar-refractivity contribution is 14.0. The Morgan fingerprint density at radius 1 is 1.06 bits per heavy atom. The van der Waals surface area contributed by atoms with Crippen molar-refractivity contribution >= 4 is 35.8 Å². The summed E-state index contributed by atoms with van der Waals surface area (Å²) in [4.78, 5) is 19.0. The Balaban J connectivity index is 0.00000480. The Bertz CT molecular complexity index is 663. The normalized spacial score (nSPS) is 15.7. The second-order valence-corrected chi connectivity index (χ2v) is 8.26. The Hall–Kier alpha value is -1.35. The molecule has 0 saturated heterocycles. The number of rotatable bonds is 10. The number of amides is 1. The topological polar surface area (TPSA) is 77.0 Å². The molecule has 31 heavy (non-hydrogen) atoms. The van der Waals surface area contributed by atoms with Gasteiger partial charge in [0.1, 0.15) is 0 Å². The van der Waals surface area contributed by atoms with Gasteiger partial charge >= 0.3 is 0 Å². The quantitative estimate of drug-likeness (QED) is 0.235. The Morgan fingerprint density at radius 2 is 1.71 bits per heavy atom. The standard InChI is InChI=1S/C24H40N4O2.HI/c1-4-25-23(27-19-24(16-17-29)14-8-7-9-15-24)26-18-20-10-12-21(13-11-20)22(30)28(5-2)6-3;/h10-13,29H,4-9,14-19H2,1-3H3,(H2,25,26,27);1H. The molecule has 6 nitrogen and oxygen atoms in total. The average molecular weight is 545 g/mol. The summed E-state index contributed by atoms with van der Waals surface area (Å²) in [6.07, 6.45) is 6.97. The average Bonchev–Trinajstić information content (AvgIpc) is 2.77. The summed E-state index contributed by atoms with van der Waals surface area (Å²) < 4.78 is 0. The fourth-order valence-electron chi connectivity index (χ4n) is 4.28. The van der Waals surface area contributed by atoms with Gasteiger partial charge in [-0.2, -0.15) is 0 Å². The number of nitrogens with zero attached hydrogens (tertiary/aromatic N) is 2. The third-order valence-electron chi connectivity index (χ3n) is 6.20. The van der Waals surface area contributed by atoms with Crippen molar-refractivity contribution in [2.75, 3.05) is 32.8 Å². The van der Waals surface area contributed by atoms with E-state index in [2.05, 4.69) is 17.6 Å². The van der Waals surface area contributed by atoms with Crippen LogP contribution in [0.2, 0.25) is 0 Å². The summed E-state index contributed by atoms with van der Waals surface area (Å²) in [5, 5.41) is 16.4. The monoisotopic (exact) mass is 544 g/mol. The van der Waals surface area contributed by atoms with Gasteiger partial charge in [-0.3, -0.25) is 4.79 Å². The third kappa shape index (κ3) is 8.60. The molecule has 0 spiro atoms. The SMILES string of the molecule is CCNC(=NCc1ccc(C(=O)N(CC)CC)cc1)NCC1(CCO)CCCCC1.I. The minimum Gasteiger partial charge on any atom is -0.396 e. The predicted molar refractivity (Wildman–Crippen MR) is 139 cm³/mol. The second kappa shape index (κ2) is 14.7. The summed E-state index contributed by atoms with van der Waals surface area (Å²) in [6, 6.07) is 7.75. The van der Waals surface area contributed by atoms with E-state index < -0.39 is 0 Å². The van der Waals surface area contributed by atoms with Crippen molar-refractivity contribution < 1.29 is 9.90 Å². The number of hydrogen-bond acceptors (Lipinski definition) is 3. The molecule has 0 aromatic heterocycles. The predicted octanol–water partition coefficient (Wildman–Crippen LogP) is 4.17. The highest BCUT2D eigenvalue weighted by atomic mass is 127. The minimum atomic E-state index is 0. The van der Waals surface area contributed by atoms with Crippen LogP contribution in [0.1, 0.15) is 75.2 Å². The Morgan fingerprint density at radius 3 is 2.26 bits per heavy atom. The first-order chi connectivity index (χ1) is 14.6. The summed E-state index contributed by atoms with van der Waals surface area (Å²) in [5.41, 5.74) is 1.97. The van der Waals surface area contributed by atoms with Gasteiger partial charge < -0.3 is 20.6 Å². The van der Waals surface area contributed by atoms with E-state index in [4.69, 9.17) is 4.99 Å². The van der Waals surface area contributed by atoms with Crippen molar-refractivity contribution in [1.29, 1.82) is 0 Å². The first-order valence-corrected chi connectivity index (χ1v) is 11.6. The Kier molecular flexibility index (Phi) is 13.1. The van der Waals surface area contributed by atoms with Gasteiger partial charge in [-0.05, 0) is 63.1 Å². The van der Waals surface area contributed by atoms with Gasteiger partial charge in [-0.1, -0.05) is 31.4 Å². The third-order valence-corrected chi connectivity index (χ3v) is 6.20. The van der Waals surface area contributed by atoms with Crippen LogP contribution in [0.3, 0.4) is 0 Å². The molecule has 2 rings (SSSR count). The number of aliphatic hydroxyl groups is 1. The number of carbonyl (C=O) groups excluding carboxylic acids is 1. The first kappa shape index (κ1) is 27.7. The van der Waals surface area contributed by atoms with Gasteiger partial charge in [0.05, 0.1) is 6.54 Å². The molecule has 0 unspecified atom stereocenters. The lowest BCUT2D eigenvalue weighted by molar-refractivity contribution is 0.0773. The number of halogens is 1. The number of aliphatic hydroxyl groups excluding tert-OH is 1. The van der Waals surface area contributed by atoms with Crippen LogP contribution in [0.25, 0.3) is 0 Å². The van der Waals surface area contributed by atoms with Gasteiger partial charge in [-0.25, -0.2) is 4.99 Å². The smallest absolute Gasteiger partial charge is 0.253 e. The molecule has 1 aliphatic carbocycles. The van der Waals surface area contributed by atoms with Crippen molar-refractivity contribution in [3.05, 3.63) is 35.4 Å². The molecule has 3 N–H and O–H groups in total. The number of benzene rings is 1. The first-order valence-electron chi connectivity index (χ1n) is 11.6. The van der Waals surface area contributed by atoms with Crippen molar-refractivity contribution in [2.24, 2.45) is 10.4 Å². The molecule has 7 heteroatoms. The zero-order valence-electron chi connectivity index (χ0n) is 19.5. The molecule has 1 aliphatic rings. The number of hydrogen-bond donors (Lipinski definition) is 3. The van der Waals surface area contributed by atoms with Gasteiger partial charge in [0.25, 0.3) is 5.91 Å². The van der Waals surface area contributed by atoms with E-state index in [1.54, 1.807) is 0 Å². The molecule has 176 valence electrons. The van der Waals surface area contributed by atoms with Crippen LogP contribution in [-0.4, -0.2) is 54.7 Å². The van der Waals surface area contributed by atoms with Gasteiger partial charge in [0.15, 0.2) is 5.96 Å². The van der Waals surface area contributed by atoms with E-state index in [0.717, 1.165) is 49.7 Å². The summed E-state index contributed by atoms with van der Waals surface area (Å²) in [6.45, 7) is 9.95. The van der Waals surface area contributed by atoms with Crippen LogP contribution in [0.15, 0.2) is 29.3 Å². The fourth-order valence-corrected chi connectivity index (χ4v) is 4.28. The summed E-state index contributed by atoms with van der Waals surface area (Å²) >= 11 is 0. The lowest BCUT2D eigenvalue weighted by Crippen LogP contribution is -2.44. The van der Waals surface area contributed by atoms with Crippen LogP contribution in [0, 0.1) is 5.41 Å². The van der Waals surface area contributed by atoms with Crippen LogP contribution >= 0.6 is 24.0 Å². The molecular formula is C24H41IN4O2. The minimum absolute atomic E-state index is 0. The van der Waals surface area contributed by atoms with Crippen LogP contribution in [-0.2, 0) is 6.54 Å². The van der Waals surface area contributed by atoms with E-state index in [0.29, 0.717) is 6.54 Å². The highest BCUT2D eigenvalue weighted by Crippen LogP contribution is 2.38. The molecule has 1 amide bonds. The molecule has 0 atom stereocenters. The lowest BCUT2D eigenvalue weighted by Gasteiger charge is -2.37. The van der Waals surface area contributed by atoms with Crippen molar-refractivity contribution in [3.8, 4) is 0 Å². The summed E-state index contributed by atoms with van der Waals surface area (Å²) in [7, 11) is 0. The number of nitrogens with one attached hydrogen (secondary N) is 2. The van der Waals surface area contributed by atoms with E-state index in [-0.39, 0.29) is 41.9 Å². The van der Waals surface area contributed by atoms with Crippen LogP contribution < -0.4 is 10.6 Å². The zero-order valence-corrected chi connectivity index (χ0v) is 21.8. The van der Waals surface area contributed by atoms with Crippen LogP contribution in [0.5, 0.6) is 0 Å².